The molecule has 4 nitrogen and oxygen atoms in total. The minimum Gasteiger partial charge on any atom is -0.368 e. The maximum atomic E-state index is 13.5. The van der Waals surface area contributed by atoms with Crippen LogP contribution in [0, 0.1) is 0 Å². The van der Waals surface area contributed by atoms with Gasteiger partial charge in [-0.25, -0.2) is 0 Å². The van der Waals surface area contributed by atoms with Crippen LogP contribution in [0.3, 0.4) is 0 Å². The van der Waals surface area contributed by atoms with E-state index in [2.05, 4.69) is 5.10 Å². The Labute approximate surface area is 97.6 Å². The van der Waals surface area contributed by atoms with Gasteiger partial charge in [0.2, 0.25) is 5.91 Å². The maximum Gasteiger partial charge on any atom is 0.435 e. The quantitative estimate of drug-likeness (QED) is 0.825. The number of carbonyl (C=O) groups excluding carboxylic acids is 1. The van der Waals surface area contributed by atoms with Crippen molar-refractivity contribution in [2.24, 2.45) is 5.73 Å². The highest BCUT2D eigenvalue weighted by atomic mass is 19.4. The normalized spacial score (nSPS) is 17.8. The number of aromatic nitrogens is 2. The fraction of sp³-hybridized carbons (Fsp3) is 0.556. The molecule has 0 saturated heterocycles. The molecule has 2 N–H and O–H groups in total. The van der Waals surface area contributed by atoms with Crippen LogP contribution >= 0.6 is 0 Å². The first-order valence-electron chi connectivity index (χ1n) is 4.96. The SMILES string of the molecule is NC(=O)Cn1nc(C(F)(F)F)c2c1C(F)(F)CC2. The molecule has 1 aliphatic rings. The monoisotopic (exact) mass is 269 g/mol. The Morgan fingerprint density at radius 2 is 2.06 bits per heavy atom. The number of hydrogen-bond acceptors (Lipinski definition) is 2. The van der Waals surface area contributed by atoms with Crippen LogP contribution in [0.1, 0.15) is 23.4 Å². The first-order chi connectivity index (χ1) is 8.13. The van der Waals surface area contributed by atoms with Gasteiger partial charge in [0.15, 0.2) is 5.69 Å². The summed E-state index contributed by atoms with van der Waals surface area (Å²) in [6, 6.07) is 0. The van der Waals surface area contributed by atoms with E-state index >= 15 is 0 Å². The number of fused-ring (bicyclic) bond motifs is 1. The summed E-state index contributed by atoms with van der Waals surface area (Å²) in [5.74, 6) is -4.45. The topological polar surface area (TPSA) is 60.9 Å². The second-order valence-corrected chi connectivity index (χ2v) is 4.00. The molecular formula is C9H8F5N3O. The number of nitrogens with zero attached hydrogens (tertiary/aromatic N) is 2. The average Bonchev–Trinajstić information content (AvgIpc) is 2.65. The molecule has 1 heterocycles. The third-order valence-electron chi connectivity index (χ3n) is 2.66. The Hall–Kier alpha value is -1.67. The van der Waals surface area contributed by atoms with E-state index in [-0.39, 0.29) is 0 Å². The van der Waals surface area contributed by atoms with E-state index in [4.69, 9.17) is 5.73 Å². The zero-order valence-electron chi connectivity index (χ0n) is 8.89. The average molecular weight is 269 g/mol. The summed E-state index contributed by atoms with van der Waals surface area (Å²) in [6.07, 6.45) is -5.97. The number of halogens is 5. The molecule has 0 saturated carbocycles. The lowest BCUT2D eigenvalue weighted by Crippen LogP contribution is -2.24. The Balaban J connectivity index is 2.59. The molecule has 2 rings (SSSR count). The van der Waals surface area contributed by atoms with Crippen molar-refractivity contribution in [1.29, 1.82) is 0 Å². The van der Waals surface area contributed by atoms with E-state index in [1.165, 1.54) is 0 Å². The van der Waals surface area contributed by atoms with E-state index in [9.17, 15) is 26.7 Å². The molecule has 0 aromatic carbocycles. The van der Waals surface area contributed by atoms with Gasteiger partial charge in [0.05, 0.1) is 0 Å². The summed E-state index contributed by atoms with van der Waals surface area (Å²) in [7, 11) is 0. The van der Waals surface area contributed by atoms with E-state index in [1.807, 2.05) is 0 Å². The molecule has 1 amide bonds. The van der Waals surface area contributed by atoms with Crippen molar-refractivity contribution in [2.75, 3.05) is 0 Å². The van der Waals surface area contributed by atoms with Crippen molar-refractivity contribution < 1.29 is 26.7 Å². The molecule has 0 atom stereocenters. The van der Waals surface area contributed by atoms with Gasteiger partial charge in [-0.15, -0.1) is 0 Å². The third-order valence-corrected chi connectivity index (χ3v) is 2.66. The van der Waals surface area contributed by atoms with Crippen LogP contribution in [0.2, 0.25) is 0 Å². The second kappa shape index (κ2) is 3.66. The van der Waals surface area contributed by atoms with Gasteiger partial charge in [0.25, 0.3) is 5.92 Å². The van der Waals surface area contributed by atoms with Gasteiger partial charge in [-0.3, -0.25) is 9.48 Å². The lowest BCUT2D eigenvalue weighted by Gasteiger charge is -2.11. The first kappa shape index (κ1) is 12.8. The summed E-state index contributed by atoms with van der Waals surface area (Å²) in [4.78, 5) is 10.7. The molecule has 0 spiro atoms. The molecule has 0 unspecified atom stereocenters. The number of nitrogens with two attached hydrogens (primary N) is 1. The van der Waals surface area contributed by atoms with Gasteiger partial charge >= 0.3 is 6.18 Å². The van der Waals surface area contributed by atoms with Gasteiger partial charge < -0.3 is 5.73 Å². The summed E-state index contributed by atoms with van der Waals surface area (Å²) in [5.41, 5.74) is 2.03. The highest BCUT2D eigenvalue weighted by molar-refractivity contribution is 5.73. The zero-order chi connectivity index (χ0) is 13.7. The highest BCUT2D eigenvalue weighted by Gasteiger charge is 2.50. The molecule has 1 aliphatic carbocycles. The van der Waals surface area contributed by atoms with Crippen molar-refractivity contribution in [3.8, 4) is 0 Å². The van der Waals surface area contributed by atoms with Gasteiger partial charge in [-0.2, -0.15) is 27.1 Å². The molecule has 1 aromatic heterocycles. The summed E-state index contributed by atoms with van der Waals surface area (Å²) < 4.78 is 65.1. The van der Waals surface area contributed by atoms with Gasteiger partial charge in [0, 0.05) is 12.0 Å². The molecule has 1 aromatic rings. The predicted octanol–water partition coefficient (Wildman–Crippen LogP) is 1.43. The second-order valence-electron chi connectivity index (χ2n) is 4.00. The highest BCUT2D eigenvalue weighted by Crippen LogP contribution is 2.46. The van der Waals surface area contributed by atoms with Crippen LogP contribution < -0.4 is 5.73 Å². The molecule has 0 aliphatic heterocycles. The molecule has 0 radical (unpaired) electrons. The number of hydrogen-bond donors (Lipinski definition) is 1. The van der Waals surface area contributed by atoms with Crippen LogP contribution in [-0.2, 0) is 29.9 Å². The Morgan fingerprint density at radius 3 is 2.56 bits per heavy atom. The van der Waals surface area contributed by atoms with Crippen LogP contribution in [0.15, 0.2) is 0 Å². The summed E-state index contributed by atoms with van der Waals surface area (Å²) >= 11 is 0. The van der Waals surface area contributed by atoms with Gasteiger partial charge in [-0.05, 0) is 6.42 Å². The van der Waals surface area contributed by atoms with Crippen molar-refractivity contribution in [3.63, 3.8) is 0 Å². The molecule has 0 fully saturated rings. The minimum absolute atomic E-state index is 0.355. The Bertz CT molecular complexity index is 505. The zero-order valence-corrected chi connectivity index (χ0v) is 8.89. The van der Waals surface area contributed by atoms with Crippen molar-refractivity contribution >= 4 is 5.91 Å². The van der Waals surface area contributed by atoms with Crippen LogP contribution in [0.5, 0.6) is 0 Å². The lowest BCUT2D eigenvalue weighted by atomic mass is 10.2. The molecule has 0 bridgehead atoms. The first-order valence-corrected chi connectivity index (χ1v) is 4.96. The largest absolute Gasteiger partial charge is 0.435 e. The van der Waals surface area contributed by atoms with Gasteiger partial charge in [0.1, 0.15) is 12.2 Å². The van der Waals surface area contributed by atoms with Crippen molar-refractivity contribution in [1.82, 2.24) is 9.78 Å². The van der Waals surface area contributed by atoms with Crippen LogP contribution in [0.4, 0.5) is 22.0 Å². The van der Waals surface area contributed by atoms with Crippen molar-refractivity contribution in [3.05, 3.63) is 17.0 Å². The third kappa shape index (κ3) is 1.93. The standard InChI is InChI=1S/C9H8F5N3O/c10-8(11)2-1-4-6(9(12,13)14)16-17(7(4)8)3-5(15)18/h1-3H2,(H2,15,18). The Morgan fingerprint density at radius 1 is 1.44 bits per heavy atom. The lowest BCUT2D eigenvalue weighted by molar-refractivity contribution is -0.142. The molecule has 9 heteroatoms. The summed E-state index contributed by atoms with van der Waals surface area (Å²) in [6.45, 7) is -0.798. The van der Waals surface area contributed by atoms with E-state index in [1.54, 1.807) is 0 Å². The summed E-state index contributed by atoms with van der Waals surface area (Å²) in [5, 5.41) is 3.05. The molecule has 18 heavy (non-hydrogen) atoms. The van der Waals surface area contributed by atoms with E-state index in [0.29, 0.717) is 4.68 Å². The fourth-order valence-corrected chi connectivity index (χ4v) is 2.04. The number of primary amides is 1. The van der Waals surface area contributed by atoms with E-state index in [0.717, 1.165) is 0 Å². The van der Waals surface area contributed by atoms with E-state index < -0.39 is 54.3 Å². The number of amides is 1. The number of rotatable bonds is 2. The van der Waals surface area contributed by atoms with Crippen LogP contribution in [-0.4, -0.2) is 15.7 Å². The fourth-order valence-electron chi connectivity index (χ4n) is 2.04. The smallest absolute Gasteiger partial charge is 0.368 e. The molecular weight excluding hydrogens is 261 g/mol. The Kier molecular flexibility index (Phi) is 2.60. The molecule has 100 valence electrons. The number of carbonyl (C=O) groups is 1. The maximum absolute atomic E-state index is 13.5. The number of alkyl halides is 5. The predicted molar refractivity (Wildman–Crippen MR) is 48.6 cm³/mol. The van der Waals surface area contributed by atoms with Crippen LogP contribution in [0.25, 0.3) is 0 Å². The minimum atomic E-state index is -4.83. The van der Waals surface area contributed by atoms with Gasteiger partial charge in [-0.1, -0.05) is 0 Å². The van der Waals surface area contributed by atoms with Crippen molar-refractivity contribution in [2.45, 2.75) is 31.5 Å².